The van der Waals surface area contributed by atoms with E-state index in [-0.39, 0.29) is 11.9 Å². The van der Waals surface area contributed by atoms with Crippen molar-refractivity contribution < 1.29 is 4.79 Å². The van der Waals surface area contributed by atoms with Crippen LogP contribution >= 0.6 is 0 Å². The number of hydrogen-bond acceptors (Lipinski definition) is 2. The maximum absolute atomic E-state index is 13.2. The average Bonchev–Trinajstić information content (AvgIpc) is 2.83. The second-order valence-corrected chi connectivity index (χ2v) is 9.21. The van der Waals surface area contributed by atoms with Gasteiger partial charge in [0, 0.05) is 17.0 Å². The Hall–Kier alpha value is -3.46. The van der Waals surface area contributed by atoms with Gasteiger partial charge in [-0.15, -0.1) is 0 Å². The number of amides is 1. The summed E-state index contributed by atoms with van der Waals surface area (Å²) in [5.41, 5.74) is 5.67. The molecular weight excluding hydrogens is 404 g/mol. The molecule has 3 aromatic carbocycles. The molecule has 1 atom stereocenters. The van der Waals surface area contributed by atoms with E-state index in [0.717, 1.165) is 40.6 Å². The molecule has 1 amide bonds. The van der Waals surface area contributed by atoms with Gasteiger partial charge in [-0.3, -0.25) is 4.79 Å². The van der Waals surface area contributed by atoms with Gasteiger partial charge in [0.1, 0.15) is 0 Å². The molecule has 0 bridgehead atoms. The summed E-state index contributed by atoms with van der Waals surface area (Å²) >= 11 is 0. The summed E-state index contributed by atoms with van der Waals surface area (Å²) in [6.07, 6.45) is 3.29. The quantitative estimate of drug-likeness (QED) is 0.310. The third kappa shape index (κ3) is 5.67. The van der Waals surface area contributed by atoms with Crippen molar-refractivity contribution >= 4 is 16.8 Å². The molecule has 1 aromatic heterocycles. The zero-order valence-corrected chi connectivity index (χ0v) is 19.7. The highest BCUT2D eigenvalue weighted by atomic mass is 16.1. The third-order valence-electron chi connectivity index (χ3n) is 6.04. The maximum atomic E-state index is 13.2. The number of para-hydroxylation sites is 1. The number of nitrogens with zero attached hydrogens (tertiary/aromatic N) is 1. The van der Waals surface area contributed by atoms with Gasteiger partial charge in [0.15, 0.2) is 0 Å². The first kappa shape index (κ1) is 22.7. The van der Waals surface area contributed by atoms with Gasteiger partial charge in [0.2, 0.25) is 0 Å². The summed E-state index contributed by atoms with van der Waals surface area (Å²) in [5, 5.41) is 4.09. The summed E-state index contributed by atoms with van der Waals surface area (Å²) < 4.78 is 0. The number of fused-ring (bicyclic) bond motifs is 1. The Morgan fingerprint density at radius 1 is 0.788 bits per heavy atom. The van der Waals surface area contributed by atoms with E-state index in [9.17, 15) is 4.79 Å². The molecule has 33 heavy (non-hydrogen) atoms. The number of nitrogens with one attached hydrogen (secondary N) is 1. The van der Waals surface area contributed by atoms with Crippen molar-refractivity contribution in [1.82, 2.24) is 10.3 Å². The highest BCUT2D eigenvalue weighted by molar-refractivity contribution is 6.07. The lowest BCUT2D eigenvalue weighted by Gasteiger charge is -2.16. The van der Waals surface area contributed by atoms with Gasteiger partial charge in [-0.1, -0.05) is 99.5 Å². The van der Waals surface area contributed by atoms with E-state index in [4.69, 9.17) is 4.98 Å². The van der Waals surface area contributed by atoms with Crippen LogP contribution in [0.15, 0.2) is 84.9 Å². The molecule has 0 unspecified atom stereocenters. The van der Waals surface area contributed by atoms with E-state index < -0.39 is 0 Å². The molecule has 0 aliphatic rings. The maximum Gasteiger partial charge on any atom is 0.252 e. The Morgan fingerprint density at radius 2 is 1.42 bits per heavy atom. The van der Waals surface area contributed by atoms with Crippen LogP contribution in [-0.2, 0) is 0 Å². The fourth-order valence-corrected chi connectivity index (χ4v) is 4.18. The Labute approximate surface area is 196 Å². The number of pyridine rings is 1. The third-order valence-corrected chi connectivity index (χ3v) is 6.04. The number of aromatic nitrogens is 1. The van der Waals surface area contributed by atoms with Crippen molar-refractivity contribution in [2.45, 2.75) is 46.1 Å². The fraction of sp³-hybridized carbons (Fsp3) is 0.267. The molecule has 3 nitrogen and oxygen atoms in total. The van der Waals surface area contributed by atoms with Crippen molar-refractivity contribution in [1.29, 1.82) is 0 Å². The highest BCUT2D eigenvalue weighted by Crippen LogP contribution is 2.27. The highest BCUT2D eigenvalue weighted by Gasteiger charge is 2.16. The smallest absolute Gasteiger partial charge is 0.252 e. The molecule has 168 valence electrons. The Kier molecular flexibility index (Phi) is 7.19. The number of carbonyl (C=O) groups excluding carboxylic acids is 1. The van der Waals surface area contributed by atoms with Crippen LogP contribution in [-0.4, -0.2) is 16.9 Å². The van der Waals surface area contributed by atoms with Gasteiger partial charge in [0.05, 0.1) is 16.8 Å². The lowest BCUT2D eigenvalue weighted by molar-refractivity contribution is 0.0939. The minimum atomic E-state index is -0.0344. The number of hydrogen-bond donors (Lipinski definition) is 1. The second-order valence-electron chi connectivity index (χ2n) is 9.21. The molecule has 0 aliphatic carbocycles. The molecule has 1 heterocycles. The first-order valence-electron chi connectivity index (χ1n) is 11.9. The van der Waals surface area contributed by atoms with Crippen LogP contribution in [0.25, 0.3) is 33.3 Å². The summed E-state index contributed by atoms with van der Waals surface area (Å²) in [7, 11) is 0. The van der Waals surface area contributed by atoms with Crippen LogP contribution < -0.4 is 5.32 Å². The van der Waals surface area contributed by atoms with Crippen LogP contribution in [0.2, 0.25) is 0 Å². The summed E-state index contributed by atoms with van der Waals surface area (Å²) in [5.74, 6) is 0.653. The molecule has 1 N–H and O–H groups in total. The van der Waals surface area contributed by atoms with Crippen LogP contribution in [0.3, 0.4) is 0 Å². The van der Waals surface area contributed by atoms with Crippen molar-refractivity contribution in [3.8, 4) is 22.4 Å². The molecule has 4 rings (SSSR count). The monoisotopic (exact) mass is 436 g/mol. The van der Waals surface area contributed by atoms with Crippen molar-refractivity contribution in [3.63, 3.8) is 0 Å². The van der Waals surface area contributed by atoms with Crippen molar-refractivity contribution in [2.24, 2.45) is 5.92 Å². The van der Waals surface area contributed by atoms with E-state index in [1.165, 1.54) is 12.0 Å². The molecule has 3 heteroatoms. The minimum Gasteiger partial charge on any atom is -0.350 e. The zero-order valence-electron chi connectivity index (χ0n) is 19.7. The van der Waals surface area contributed by atoms with Crippen molar-refractivity contribution in [2.75, 3.05) is 0 Å². The van der Waals surface area contributed by atoms with Crippen LogP contribution in [0.5, 0.6) is 0 Å². The Morgan fingerprint density at radius 3 is 2.15 bits per heavy atom. The predicted octanol–water partition coefficient (Wildman–Crippen LogP) is 7.51. The molecule has 0 saturated heterocycles. The number of rotatable bonds is 8. The van der Waals surface area contributed by atoms with Crippen LogP contribution in [0, 0.1) is 5.92 Å². The van der Waals surface area contributed by atoms with Gasteiger partial charge >= 0.3 is 0 Å². The topological polar surface area (TPSA) is 42.0 Å². The predicted molar refractivity (Wildman–Crippen MR) is 138 cm³/mol. The normalized spacial score (nSPS) is 12.1. The summed E-state index contributed by atoms with van der Waals surface area (Å²) in [4.78, 5) is 18.1. The molecule has 0 spiro atoms. The number of benzene rings is 3. The Bertz CT molecular complexity index is 1210. The zero-order chi connectivity index (χ0) is 23.2. The summed E-state index contributed by atoms with van der Waals surface area (Å²) in [6.45, 7) is 6.56. The first-order chi connectivity index (χ1) is 16.0. The van der Waals surface area contributed by atoms with Gasteiger partial charge in [-0.05, 0) is 42.5 Å². The van der Waals surface area contributed by atoms with Crippen LogP contribution in [0.4, 0.5) is 0 Å². The average molecular weight is 437 g/mol. The standard InChI is InChI=1S/C30H32N2O/c1-21(2)10-9-11-22(3)31-30(33)27-20-29(32-28-15-8-7-14-26(27)28)25-18-16-24(17-19-25)23-12-5-4-6-13-23/h4-8,12-22H,9-11H2,1-3H3,(H,31,33)/t22-/m1/s1. The molecular formula is C30H32N2O. The summed E-state index contributed by atoms with van der Waals surface area (Å²) in [6, 6.07) is 28.6. The molecule has 0 saturated carbocycles. The van der Waals surface area contributed by atoms with E-state index >= 15 is 0 Å². The lowest BCUT2D eigenvalue weighted by Crippen LogP contribution is -2.32. The van der Waals surface area contributed by atoms with Crippen LogP contribution in [0.1, 0.15) is 50.4 Å². The second kappa shape index (κ2) is 10.4. The fourth-order valence-electron chi connectivity index (χ4n) is 4.18. The first-order valence-corrected chi connectivity index (χ1v) is 11.9. The van der Waals surface area contributed by atoms with E-state index in [2.05, 4.69) is 62.5 Å². The largest absolute Gasteiger partial charge is 0.350 e. The molecule has 4 aromatic rings. The molecule has 0 radical (unpaired) electrons. The van der Waals surface area contributed by atoms with E-state index in [1.54, 1.807) is 0 Å². The Balaban J connectivity index is 1.61. The van der Waals surface area contributed by atoms with Gasteiger partial charge in [-0.25, -0.2) is 4.98 Å². The minimum absolute atomic E-state index is 0.0344. The number of carbonyl (C=O) groups is 1. The van der Waals surface area contributed by atoms with Gasteiger partial charge in [0.25, 0.3) is 5.91 Å². The van der Waals surface area contributed by atoms with E-state index in [0.29, 0.717) is 11.5 Å². The SMILES string of the molecule is CC(C)CCC[C@@H](C)NC(=O)c1cc(-c2ccc(-c3ccccc3)cc2)nc2ccccc12. The van der Waals surface area contributed by atoms with Gasteiger partial charge < -0.3 is 5.32 Å². The molecule has 0 fully saturated rings. The van der Waals surface area contributed by atoms with Crippen molar-refractivity contribution in [3.05, 3.63) is 90.5 Å². The lowest BCUT2D eigenvalue weighted by atomic mass is 10.00. The van der Waals surface area contributed by atoms with E-state index in [1.807, 2.05) is 48.5 Å². The van der Waals surface area contributed by atoms with Gasteiger partial charge in [-0.2, -0.15) is 0 Å². The molecule has 0 aliphatic heterocycles.